The molecule has 0 aliphatic rings. The Morgan fingerprint density at radius 1 is 1.09 bits per heavy atom. The van der Waals surface area contributed by atoms with E-state index in [2.05, 4.69) is 20.8 Å². The molecule has 0 aromatic rings. The molecule has 0 aliphatic carbocycles. The number of rotatable bonds is 7. The van der Waals surface area contributed by atoms with Crippen molar-refractivity contribution in [2.24, 2.45) is 0 Å². The van der Waals surface area contributed by atoms with Crippen molar-refractivity contribution in [3.8, 4) is 0 Å². The molecule has 0 saturated heterocycles. The molecule has 0 N–H and O–H groups in total. The van der Waals surface area contributed by atoms with E-state index >= 15 is 0 Å². The molecule has 0 aromatic carbocycles. The Morgan fingerprint density at radius 3 is 2.18 bits per heavy atom. The fraction of sp³-hybridized carbons (Fsp3) is 1.00. The quantitative estimate of drug-likeness (QED) is 0.427. The van der Waals surface area contributed by atoms with Gasteiger partial charge in [0.15, 0.2) is 0 Å². The van der Waals surface area contributed by atoms with Crippen LogP contribution >= 0.6 is 16.5 Å². The van der Waals surface area contributed by atoms with Crippen LogP contribution in [0.2, 0.25) is 0 Å². The fourth-order valence-corrected chi connectivity index (χ4v) is 3.91. The van der Waals surface area contributed by atoms with Crippen molar-refractivity contribution in [1.82, 2.24) is 0 Å². The third kappa shape index (κ3) is 7.23. The molecule has 1 atom stereocenters. The third-order valence-corrected chi connectivity index (χ3v) is 5.92. The average molecular weight is 192 g/mol. The van der Waals surface area contributed by atoms with E-state index in [0.717, 1.165) is 0 Å². The minimum Gasteiger partial charge on any atom is -0.122 e. The van der Waals surface area contributed by atoms with Gasteiger partial charge < -0.3 is 0 Å². The van der Waals surface area contributed by atoms with E-state index in [4.69, 9.17) is 0 Å². The predicted molar refractivity (Wildman–Crippen MR) is 61.2 cm³/mol. The second-order valence-electron chi connectivity index (χ2n) is 2.73. The van der Waals surface area contributed by atoms with E-state index in [1.54, 1.807) is 0 Å². The summed E-state index contributed by atoms with van der Waals surface area (Å²) in [6.07, 6.45) is 8.82. The molecule has 1 unspecified atom stereocenters. The lowest BCUT2D eigenvalue weighted by Gasteiger charge is -2.11. The van der Waals surface area contributed by atoms with Gasteiger partial charge in [-0.15, -0.1) is 16.5 Å². The SMILES string of the molecule is CCPCCCP(CC)CC. The van der Waals surface area contributed by atoms with Crippen LogP contribution in [0.3, 0.4) is 0 Å². The van der Waals surface area contributed by atoms with Crippen LogP contribution < -0.4 is 0 Å². The van der Waals surface area contributed by atoms with E-state index < -0.39 is 0 Å². The Hall–Kier alpha value is 0.860. The van der Waals surface area contributed by atoms with Crippen LogP contribution in [0.15, 0.2) is 0 Å². The number of hydrogen-bond donors (Lipinski definition) is 0. The van der Waals surface area contributed by atoms with Gasteiger partial charge in [0.25, 0.3) is 0 Å². The zero-order valence-corrected chi connectivity index (χ0v) is 10.1. The predicted octanol–water partition coefficient (Wildman–Crippen LogP) is 3.60. The van der Waals surface area contributed by atoms with Crippen LogP contribution in [-0.4, -0.2) is 30.8 Å². The summed E-state index contributed by atoms with van der Waals surface area (Å²) >= 11 is 0. The maximum Gasteiger partial charge on any atom is -0.0323 e. The van der Waals surface area contributed by atoms with Crippen molar-refractivity contribution < 1.29 is 0 Å². The Balaban J connectivity index is 3.07. The normalized spacial score (nSPS) is 12.0. The maximum absolute atomic E-state index is 2.34. The van der Waals surface area contributed by atoms with Crippen LogP contribution in [-0.2, 0) is 0 Å². The largest absolute Gasteiger partial charge is 0.122 e. The monoisotopic (exact) mass is 192 g/mol. The second kappa shape index (κ2) is 8.95. The van der Waals surface area contributed by atoms with Crippen molar-refractivity contribution in [2.45, 2.75) is 27.2 Å². The maximum atomic E-state index is 2.34. The summed E-state index contributed by atoms with van der Waals surface area (Å²) in [6.45, 7) is 6.98. The topological polar surface area (TPSA) is 0 Å². The second-order valence-corrected chi connectivity index (χ2v) is 7.49. The van der Waals surface area contributed by atoms with Gasteiger partial charge in [0.05, 0.1) is 0 Å². The first-order valence-corrected chi connectivity index (χ1v) is 8.09. The summed E-state index contributed by atoms with van der Waals surface area (Å²) in [5, 5.41) is 0. The molecule has 2 heteroatoms. The molecule has 0 saturated carbocycles. The molecule has 0 heterocycles. The van der Waals surface area contributed by atoms with Crippen molar-refractivity contribution >= 4 is 16.5 Å². The molecule has 11 heavy (non-hydrogen) atoms. The van der Waals surface area contributed by atoms with Gasteiger partial charge in [-0.3, -0.25) is 0 Å². The van der Waals surface area contributed by atoms with Gasteiger partial charge in [0.1, 0.15) is 0 Å². The third-order valence-electron chi connectivity index (χ3n) is 1.97. The zero-order chi connectivity index (χ0) is 8.53. The van der Waals surface area contributed by atoms with Crippen molar-refractivity contribution in [2.75, 3.05) is 30.8 Å². The first-order chi connectivity index (χ1) is 5.35. The first-order valence-electron chi connectivity index (χ1n) is 4.78. The fourth-order valence-electron chi connectivity index (χ4n) is 1.14. The van der Waals surface area contributed by atoms with Gasteiger partial charge in [0.2, 0.25) is 0 Å². The smallest absolute Gasteiger partial charge is 0.0323 e. The van der Waals surface area contributed by atoms with Gasteiger partial charge in [-0.1, -0.05) is 20.8 Å². The van der Waals surface area contributed by atoms with E-state index in [1.807, 2.05) is 0 Å². The van der Waals surface area contributed by atoms with Crippen molar-refractivity contribution in [3.05, 3.63) is 0 Å². The lowest BCUT2D eigenvalue weighted by atomic mass is 10.6. The van der Waals surface area contributed by atoms with Crippen LogP contribution in [0.4, 0.5) is 0 Å². The molecule has 0 aliphatic heterocycles. The molecule has 0 aromatic heterocycles. The van der Waals surface area contributed by atoms with Gasteiger partial charge in [0, 0.05) is 0 Å². The highest BCUT2D eigenvalue weighted by Crippen LogP contribution is 2.35. The minimum absolute atomic E-state index is 0.432. The van der Waals surface area contributed by atoms with Crippen LogP contribution in [0.5, 0.6) is 0 Å². The van der Waals surface area contributed by atoms with Gasteiger partial charge >= 0.3 is 0 Å². The summed E-state index contributed by atoms with van der Waals surface area (Å²) in [4.78, 5) is 0. The van der Waals surface area contributed by atoms with Gasteiger partial charge in [-0.2, -0.15) is 0 Å². The van der Waals surface area contributed by atoms with Gasteiger partial charge in [-0.05, 0) is 37.2 Å². The van der Waals surface area contributed by atoms with E-state index in [9.17, 15) is 0 Å². The number of hydrogen-bond acceptors (Lipinski definition) is 0. The molecule has 0 radical (unpaired) electrons. The van der Waals surface area contributed by atoms with Crippen molar-refractivity contribution in [1.29, 1.82) is 0 Å². The lowest BCUT2D eigenvalue weighted by Crippen LogP contribution is -1.91. The first kappa shape index (κ1) is 11.9. The molecular formula is C9H22P2. The Morgan fingerprint density at radius 2 is 1.73 bits per heavy atom. The lowest BCUT2D eigenvalue weighted by molar-refractivity contribution is 1.09. The van der Waals surface area contributed by atoms with E-state index in [-0.39, 0.29) is 0 Å². The van der Waals surface area contributed by atoms with E-state index in [1.165, 1.54) is 45.8 Å². The standard InChI is InChI=1S/C9H22P2/c1-4-10-8-7-9-11(5-2)6-3/h10H,4-9H2,1-3H3. The molecule has 0 amide bonds. The molecule has 0 fully saturated rings. The van der Waals surface area contributed by atoms with Crippen LogP contribution in [0.1, 0.15) is 27.2 Å². The summed E-state index contributed by atoms with van der Waals surface area (Å²) < 4.78 is 0. The van der Waals surface area contributed by atoms with E-state index in [0.29, 0.717) is 7.92 Å². The Labute approximate surface area is 75.1 Å². The molecule has 0 nitrogen and oxygen atoms in total. The summed E-state index contributed by atoms with van der Waals surface area (Å²) in [5.74, 6) is 0. The average Bonchev–Trinajstić information content (AvgIpc) is 2.05. The Bertz CT molecular complexity index is 70.0. The van der Waals surface area contributed by atoms with Crippen molar-refractivity contribution in [3.63, 3.8) is 0 Å². The molecule has 0 rings (SSSR count). The van der Waals surface area contributed by atoms with Crippen LogP contribution in [0.25, 0.3) is 0 Å². The highest BCUT2D eigenvalue weighted by molar-refractivity contribution is 7.57. The highest BCUT2D eigenvalue weighted by Gasteiger charge is 2.00. The Kier molecular flexibility index (Phi) is 9.65. The van der Waals surface area contributed by atoms with Gasteiger partial charge in [-0.25, -0.2) is 0 Å². The molecule has 68 valence electrons. The molecule has 0 bridgehead atoms. The molecular weight excluding hydrogens is 170 g/mol. The highest BCUT2D eigenvalue weighted by atomic mass is 31.1. The summed E-state index contributed by atoms with van der Waals surface area (Å²) in [6, 6.07) is 0. The minimum atomic E-state index is 0.432. The zero-order valence-electron chi connectivity index (χ0n) is 8.19. The molecule has 0 spiro atoms. The summed E-state index contributed by atoms with van der Waals surface area (Å²) in [7, 11) is 1.66. The summed E-state index contributed by atoms with van der Waals surface area (Å²) in [5.41, 5.74) is 0. The van der Waals surface area contributed by atoms with Crippen LogP contribution in [0, 0.1) is 0 Å².